The summed E-state index contributed by atoms with van der Waals surface area (Å²) in [5, 5.41) is 12.4. The third-order valence-corrected chi connectivity index (χ3v) is 1.90. The summed E-state index contributed by atoms with van der Waals surface area (Å²) in [5.41, 5.74) is 0. The first-order valence-corrected chi connectivity index (χ1v) is 4.67. The van der Waals surface area contributed by atoms with Crippen LogP contribution >= 0.6 is 12.6 Å². The van der Waals surface area contributed by atoms with Crippen molar-refractivity contribution in [1.29, 1.82) is 0 Å². The van der Waals surface area contributed by atoms with E-state index in [1.165, 1.54) is 6.92 Å². The van der Waals surface area contributed by atoms with Crippen molar-refractivity contribution in [2.45, 2.75) is 39.0 Å². The first-order chi connectivity index (χ1) is 5.49. The number of thiol groups is 1. The first kappa shape index (κ1) is 11.9. The first-order valence-electron chi connectivity index (χ1n) is 4.04. The van der Waals surface area contributed by atoms with Gasteiger partial charge in [-0.25, -0.2) is 0 Å². The van der Waals surface area contributed by atoms with E-state index in [1.54, 1.807) is 0 Å². The minimum absolute atomic E-state index is 0.0507. The largest absolute Gasteiger partial charge is 0.390 e. The lowest BCUT2D eigenvalue weighted by atomic mass is 10.1. The maximum Gasteiger partial charge on any atom is 0.149 e. The van der Waals surface area contributed by atoms with Crippen LogP contribution in [-0.4, -0.2) is 34.8 Å². The molecule has 0 spiro atoms. The third kappa shape index (κ3) is 4.09. The average Bonchev–Trinajstić information content (AvgIpc) is 1.98. The van der Waals surface area contributed by atoms with Crippen LogP contribution in [0.3, 0.4) is 0 Å². The summed E-state index contributed by atoms with van der Waals surface area (Å²) in [6.45, 7) is 5.33. The fraction of sp³-hybridized carbons (Fsp3) is 0.875. The molecule has 2 N–H and O–H groups in total. The zero-order valence-corrected chi connectivity index (χ0v) is 8.64. The fourth-order valence-electron chi connectivity index (χ4n) is 0.964. The van der Waals surface area contributed by atoms with E-state index in [2.05, 4.69) is 17.9 Å². The molecule has 0 aliphatic rings. The van der Waals surface area contributed by atoms with Gasteiger partial charge in [-0.15, -0.1) is 0 Å². The van der Waals surface area contributed by atoms with Gasteiger partial charge in [-0.1, -0.05) is 13.8 Å². The number of ketones is 1. The second-order valence-corrected chi connectivity index (χ2v) is 3.52. The van der Waals surface area contributed by atoms with E-state index >= 15 is 0 Å². The molecule has 3 nitrogen and oxygen atoms in total. The number of Topliss-reactive ketones (excluding diaryl/α,β-unsaturated/α-hetero) is 1. The predicted octanol–water partition coefficient (Wildman–Crippen LogP) is 0.233. The van der Waals surface area contributed by atoms with Crippen molar-refractivity contribution in [2.75, 3.05) is 5.75 Å². The second-order valence-electron chi connectivity index (χ2n) is 3.16. The van der Waals surface area contributed by atoms with Crippen molar-refractivity contribution in [3.05, 3.63) is 0 Å². The highest BCUT2D eigenvalue weighted by Crippen LogP contribution is 1.99. The molecule has 0 heterocycles. The van der Waals surface area contributed by atoms with Gasteiger partial charge in [-0.2, -0.15) is 12.6 Å². The quantitative estimate of drug-likeness (QED) is 0.545. The molecule has 0 amide bonds. The Hall–Kier alpha value is -0.0600. The molecule has 0 radical (unpaired) electrons. The van der Waals surface area contributed by atoms with Crippen molar-refractivity contribution in [1.82, 2.24) is 5.32 Å². The number of carbonyl (C=O) groups excluding carboxylic acids is 1. The monoisotopic (exact) mass is 191 g/mol. The Labute approximate surface area is 79.0 Å². The zero-order valence-electron chi connectivity index (χ0n) is 7.74. The van der Waals surface area contributed by atoms with E-state index in [0.717, 1.165) is 0 Å². The standard InChI is InChI=1S/C8H17NO2S/c1-5(2)9-8(6(3)10)7(11)4-12/h5,7-9,11-12H,4H2,1-3H3. The van der Waals surface area contributed by atoms with Crippen LogP contribution in [0.5, 0.6) is 0 Å². The van der Waals surface area contributed by atoms with Gasteiger partial charge in [-0.3, -0.25) is 4.79 Å². The molecule has 0 fully saturated rings. The highest BCUT2D eigenvalue weighted by Gasteiger charge is 2.22. The van der Waals surface area contributed by atoms with Crippen molar-refractivity contribution in [3.63, 3.8) is 0 Å². The molecule has 0 bridgehead atoms. The number of rotatable bonds is 5. The number of aliphatic hydroxyl groups excluding tert-OH is 1. The molecule has 4 heteroatoms. The Kier molecular flexibility index (Phi) is 5.53. The molecule has 12 heavy (non-hydrogen) atoms. The third-order valence-electron chi connectivity index (χ3n) is 1.52. The van der Waals surface area contributed by atoms with Crippen LogP contribution in [0.25, 0.3) is 0 Å². The molecule has 2 atom stereocenters. The maximum atomic E-state index is 11.0. The van der Waals surface area contributed by atoms with E-state index in [0.29, 0.717) is 5.75 Å². The van der Waals surface area contributed by atoms with Crippen molar-refractivity contribution in [2.24, 2.45) is 0 Å². The van der Waals surface area contributed by atoms with Gasteiger partial charge >= 0.3 is 0 Å². The predicted molar refractivity (Wildman–Crippen MR) is 52.6 cm³/mol. The normalized spacial score (nSPS) is 16.2. The Balaban J connectivity index is 4.13. The molecule has 0 rings (SSSR count). The van der Waals surface area contributed by atoms with E-state index in [-0.39, 0.29) is 11.8 Å². The van der Waals surface area contributed by atoms with E-state index in [9.17, 15) is 9.90 Å². The van der Waals surface area contributed by atoms with Crippen LogP contribution in [0.2, 0.25) is 0 Å². The highest BCUT2D eigenvalue weighted by atomic mass is 32.1. The summed E-state index contributed by atoms with van der Waals surface area (Å²) >= 11 is 3.93. The van der Waals surface area contributed by atoms with Gasteiger partial charge in [0.05, 0.1) is 12.1 Å². The maximum absolute atomic E-state index is 11.0. The lowest BCUT2D eigenvalue weighted by molar-refractivity contribution is -0.121. The van der Waals surface area contributed by atoms with Gasteiger partial charge in [-0.05, 0) is 6.92 Å². The SMILES string of the molecule is CC(=O)C(NC(C)C)C(O)CS. The average molecular weight is 191 g/mol. The lowest BCUT2D eigenvalue weighted by Gasteiger charge is -2.22. The molecule has 72 valence electrons. The summed E-state index contributed by atoms with van der Waals surface area (Å²) in [6, 6.07) is -0.295. The number of aliphatic hydroxyl groups is 1. The smallest absolute Gasteiger partial charge is 0.149 e. The zero-order chi connectivity index (χ0) is 9.72. The summed E-state index contributed by atoms with van der Waals surface area (Å²) in [4.78, 5) is 11.0. The van der Waals surface area contributed by atoms with E-state index < -0.39 is 12.1 Å². The number of hydrogen-bond donors (Lipinski definition) is 3. The number of nitrogens with one attached hydrogen (secondary N) is 1. The molecular formula is C8H17NO2S. The molecule has 0 saturated heterocycles. The Morgan fingerprint density at radius 2 is 2.08 bits per heavy atom. The van der Waals surface area contributed by atoms with Crippen LogP contribution in [0, 0.1) is 0 Å². The Morgan fingerprint density at radius 1 is 1.58 bits per heavy atom. The van der Waals surface area contributed by atoms with Gasteiger partial charge < -0.3 is 10.4 Å². The van der Waals surface area contributed by atoms with Gasteiger partial charge in [0.15, 0.2) is 0 Å². The van der Waals surface area contributed by atoms with Crippen molar-refractivity contribution >= 4 is 18.4 Å². The van der Waals surface area contributed by atoms with Crippen LogP contribution in [0.15, 0.2) is 0 Å². The van der Waals surface area contributed by atoms with Crippen LogP contribution in [0.4, 0.5) is 0 Å². The second kappa shape index (κ2) is 5.56. The van der Waals surface area contributed by atoms with Crippen LogP contribution in [0.1, 0.15) is 20.8 Å². The lowest BCUT2D eigenvalue weighted by Crippen LogP contribution is -2.48. The summed E-state index contributed by atoms with van der Waals surface area (Å²) in [7, 11) is 0. The molecular weight excluding hydrogens is 174 g/mol. The van der Waals surface area contributed by atoms with Crippen LogP contribution < -0.4 is 5.32 Å². The molecule has 0 aliphatic heterocycles. The van der Waals surface area contributed by atoms with Crippen molar-refractivity contribution in [3.8, 4) is 0 Å². The topological polar surface area (TPSA) is 49.3 Å². The molecule has 0 aliphatic carbocycles. The fourth-order valence-corrected chi connectivity index (χ4v) is 1.17. The Bertz CT molecular complexity index is 150. The van der Waals surface area contributed by atoms with E-state index in [1.807, 2.05) is 13.8 Å². The summed E-state index contributed by atoms with van der Waals surface area (Å²) in [5.74, 6) is 0.245. The summed E-state index contributed by atoms with van der Waals surface area (Å²) in [6.07, 6.45) is -0.701. The van der Waals surface area contributed by atoms with Gasteiger partial charge in [0.1, 0.15) is 5.78 Å². The minimum atomic E-state index is -0.701. The van der Waals surface area contributed by atoms with Crippen LogP contribution in [-0.2, 0) is 4.79 Å². The minimum Gasteiger partial charge on any atom is -0.390 e. The molecule has 2 unspecified atom stereocenters. The molecule has 0 aromatic rings. The highest BCUT2D eigenvalue weighted by molar-refractivity contribution is 7.80. The molecule has 0 aromatic carbocycles. The Morgan fingerprint density at radius 3 is 2.33 bits per heavy atom. The van der Waals surface area contributed by atoms with Gasteiger partial charge in [0.2, 0.25) is 0 Å². The van der Waals surface area contributed by atoms with Gasteiger partial charge in [0.25, 0.3) is 0 Å². The van der Waals surface area contributed by atoms with E-state index in [4.69, 9.17) is 0 Å². The van der Waals surface area contributed by atoms with Crippen molar-refractivity contribution < 1.29 is 9.90 Å². The van der Waals surface area contributed by atoms with Gasteiger partial charge in [0, 0.05) is 11.8 Å². The molecule has 0 aromatic heterocycles. The summed E-state index contributed by atoms with van der Waals surface area (Å²) < 4.78 is 0. The number of hydrogen-bond acceptors (Lipinski definition) is 4. The molecule has 0 saturated carbocycles. The number of carbonyl (C=O) groups is 1.